The third kappa shape index (κ3) is 2.61. The SMILES string of the molecule is C[C@@](N)(CO)c1ccc(I)c(Br)n1. The van der Waals surface area contributed by atoms with Crippen LogP contribution in [0.4, 0.5) is 0 Å². The van der Waals surface area contributed by atoms with E-state index in [1.807, 2.05) is 12.1 Å². The van der Waals surface area contributed by atoms with Crippen molar-refractivity contribution in [1.82, 2.24) is 4.98 Å². The summed E-state index contributed by atoms with van der Waals surface area (Å²) in [6.45, 7) is 1.63. The minimum Gasteiger partial charge on any atom is -0.394 e. The van der Waals surface area contributed by atoms with E-state index >= 15 is 0 Å². The lowest BCUT2D eigenvalue weighted by atomic mass is 10.0. The highest BCUT2D eigenvalue weighted by atomic mass is 127. The molecule has 0 radical (unpaired) electrons. The van der Waals surface area contributed by atoms with E-state index in [4.69, 9.17) is 10.8 Å². The van der Waals surface area contributed by atoms with E-state index in [0.29, 0.717) is 5.69 Å². The van der Waals surface area contributed by atoms with Gasteiger partial charge in [0.2, 0.25) is 0 Å². The predicted molar refractivity (Wildman–Crippen MR) is 63.3 cm³/mol. The van der Waals surface area contributed by atoms with Gasteiger partial charge in [0.15, 0.2) is 0 Å². The predicted octanol–water partition coefficient (Wildman–Crippen LogP) is 1.61. The van der Waals surface area contributed by atoms with Crippen molar-refractivity contribution in [2.75, 3.05) is 6.61 Å². The average Bonchev–Trinajstić information content (AvgIpc) is 2.09. The fraction of sp³-hybridized carbons (Fsp3) is 0.375. The van der Waals surface area contributed by atoms with Gasteiger partial charge in [-0.05, 0) is 57.6 Å². The number of pyridine rings is 1. The first-order valence-electron chi connectivity index (χ1n) is 3.69. The zero-order valence-electron chi connectivity index (χ0n) is 7.09. The molecule has 0 saturated carbocycles. The number of hydrogen-bond acceptors (Lipinski definition) is 3. The number of aromatic nitrogens is 1. The second-order valence-corrected chi connectivity index (χ2v) is 4.96. The van der Waals surface area contributed by atoms with Gasteiger partial charge in [-0.3, -0.25) is 0 Å². The maximum absolute atomic E-state index is 9.03. The molecule has 0 bridgehead atoms. The monoisotopic (exact) mass is 356 g/mol. The molecule has 0 spiro atoms. The Morgan fingerprint density at radius 2 is 2.31 bits per heavy atom. The lowest BCUT2D eigenvalue weighted by molar-refractivity contribution is 0.206. The van der Waals surface area contributed by atoms with Crippen molar-refractivity contribution in [3.63, 3.8) is 0 Å². The second-order valence-electron chi connectivity index (χ2n) is 3.04. The molecule has 0 aliphatic rings. The molecule has 0 unspecified atom stereocenters. The first-order valence-corrected chi connectivity index (χ1v) is 5.57. The molecule has 3 nitrogen and oxygen atoms in total. The minimum absolute atomic E-state index is 0.118. The quantitative estimate of drug-likeness (QED) is 0.625. The summed E-state index contributed by atoms with van der Waals surface area (Å²) >= 11 is 5.48. The molecule has 1 atom stereocenters. The van der Waals surface area contributed by atoms with E-state index in [-0.39, 0.29) is 6.61 Å². The Kier molecular flexibility index (Phi) is 3.67. The van der Waals surface area contributed by atoms with E-state index in [1.54, 1.807) is 6.92 Å². The number of aliphatic hydroxyl groups excluding tert-OH is 1. The summed E-state index contributed by atoms with van der Waals surface area (Å²) in [6.07, 6.45) is 0. The third-order valence-electron chi connectivity index (χ3n) is 1.72. The van der Waals surface area contributed by atoms with Gasteiger partial charge in [-0.15, -0.1) is 0 Å². The maximum Gasteiger partial charge on any atom is 0.119 e. The molecule has 1 heterocycles. The molecule has 0 amide bonds. The molecule has 0 fully saturated rings. The van der Waals surface area contributed by atoms with Crippen LogP contribution < -0.4 is 5.73 Å². The van der Waals surface area contributed by atoms with Crippen LogP contribution in [0, 0.1) is 3.57 Å². The van der Waals surface area contributed by atoms with Crippen LogP contribution in [0.25, 0.3) is 0 Å². The Balaban J connectivity index is 3.10. The lowest BCUT2D eigenvalue weighted by Gasteiger charge is -2.21. The second kappa shape index (κ2) is 4.20. The van der Waals surface area contributed by atoms with Gasteiger partial charge >= 0.3 is 0 Å². The fourth-order valence-electron chi connectivity index (χ4n) is 0.816. The Morgan fingerprint density at radius 3 is 2.77 bits per heavy atom. The Bertz CT molecular complexity index is 317. The number of halogens is 2. The van der Waals surface area contributed by atoms with E-state index in [9.17, 15) is 0 Å². The largest absolute Gasteiger partial charge is 0.394 e. The third-order valence-corrected chi connectivity index (χ3v) is 3.93. The molecular weight excluding hydrogens is 347 g/mol. The molecule has 13 heavy (non-hydrogen) atoms. The summed E-state index contributed by atoms with van der Waals surface area (Å²) in [5.74, 6) is 0. The molecule has 0 aliphatic heterocycles. The van der Waals surface area contributed by atoms with Gasteiger partial charge in [0.1, 0.15) is 4.60 Å². The molecule has 1 aromatic heterocycles. The van der Waals surface area contributed by atoms with Gasteiger partial charge in [0.25, 0.3) is 0 Å². The van der Waals surface area contributed by atoms with Crippen LogP contribution in [-0.4, -0.2) is 16.7 Å². The first kappa shape index (κ1) is 11.4. The van der Waals surface area contributed by atoms with Crippen molar-refractivity contribution in [2.24, 2.45) is 5.73 Å². The topological polar surface area (TPSA) is 59.1 Å². The van der Waals surface area contributed by atoms with E-state index in [2.05, 4.69) is 43.5 Å². The van der Waals surface area contributed by atoms with E-state index < -0.39 is 5.54 Å². The van der Waals surface area contributed by atoms with Gasteiger partial charge in [-0.25, -0.2) is 4.98 Å². The highest BCUT2D eigenvalue weighted by Gasteiger charge is 2.22. The van der Waals surface area contributed by atoms with Crippen molar-refractivity contribution < 1.29 is 5.11 Å². The Morgan fingerprint density at radius 1 is 1.69 bits per heavy atom. The fourth-order valence-corrected chi connectivity index (χ4v) is 1.44. The summed E-state index contributed by atoms with van der Waals surface area (Å²) in [6, 6.07) is 3.73. The van der Waals surface area contributed by atoms with Gasteiger partial charge in [0, 0.05) is 3.57 Å². The van der Waals surface area contributed by atoms with Crippen molar-refractivity contribution in [3.05, 3.63) is 26.0 Å². The van der Waals surface area contributed by atoms with Crippen LogP contribution in [0.5, 0.6) is 0 Å². The molecule has 0 saturated heterocycles. The summed E-state index contributed by atoms with van der Waals surface area (Å²) in [7, 11) is 0. The van der Waals surface area contributed by atoms with Crippen LogP contribution in [0.1, 0.15) is 12.6 Å². The van der Waals surface area contributed by atoms with Crippen LogP contribution in [0.15, 0.2) is 16.7 Å². The Hall–Kier alpha value is 0.280. The average molecular weight is 357 g/mol. The molecule has 72 valence electrons. The number of nitrogens with zero attached hydrogens (tertiary/aromatic N) is 1. The smallest absolute Gasteiger partial charge is 0.119 e. The van der Waals surface area contributed by atoms with Crippen molar-refractivity contribution in [2.45, 2.75) is 12.5 Å². The normalized spacial score (nSPS) is 15.5. The standard InChI is InChI=1S/C8H10BrIN2O/c1-8(11,4-13)6-3-2-5(10)7(9)12-6/h2-3,13H,4,11H2,1H3/t8-/m1/s1. The van der Waals surface area contributed by atoms with Crippen molar-refractivity contribution in [1.29, 1.82) is 0 Å². The summed E-state index contributed by atoms with van der Waals surface area (Å²) in [4.78, 5) is 4.24. The van der Waals surface area contributed by atoms with Crippen molar-refractivity contribution in [3.8, 4) is 0 Å². The Labute approximate surface area is 99.0 Å². The highest BCUT2D eigenvalue weighted by Crippen LogP contribution is 2.21. The molecule has 3 N–H and O–H groups in total. The van der Waals surface area contributed by atoms with E-state index in [0.717, 1.165) is 8.17 Å². The molecule has 1 aromatic rings. The molecule has 0 aromatic carbocycles. The van der Waals surface area contributed by atoms with Crippen LogP contribution >= 0.6 is 38.5 Å². The lowest BCUT2D eigenvalue weighted by Crippen LogP contribution is -2.37. The van der Waals surface area contributed by atoms with Crippen LogP contribution in [0.3, 0.4) is 0 Å². The molecule has 0 aliphatic carbocycles. The zero-order chi connectivity index (χ0) is 10.1. The van der Waals surface area contributed by atoms with Gasteiger partial charge in [-0.1, -0.05) is 0 Å². The number of aliphatic hydroxyl groups is 1. The number of nitrogens with two attached hydrogens (primary N) is 1. The van der Waals surface area contributed by atoms with Crippen molar-refractivity contribution >= 4 is 38.5 Å². The van der Waals surface area contributed by atoms with E-state index in [1.165, 1.54) is 0 Å². The van der Waals surface area contributed by atoms with Crippen LogP contribution in [-0.2, 0) is 5.54 Å². The highest BCUT2D eigenvalue weighted by molar-refractivity contribution is 14.1. The minimum atomic E-state index is -0.771. The zero-order valence-corrected chi connectivity index (χ0v) is 10.8. The van der Waals surface area contributed by atoms with Crippen LogP contribution in [0.2, 0.25) is 0 Å². The summed E-state index contributed by atoms with van der Waals surface area (Å²) in [5.41, 5.74) is 5.73. The summed E-state index contributed by atoms with van der Waals surface area (Å²) in [5, 5.41) is 9.03. The first-order chi connectivity index (χ1) is 5.97. The molecule has 5 heteroatoms. The maximum atomic E-state index is 9.03. The van der Waals surface area contributed by atoms with Gasteiger partial charge in [0.05, 0.1) is 17.8 Å². The number of hydrogen-bond donors (Lipinski definition) is 2. The van der Waals surface area contributed by atoms with Gasteiger partial charge < -0.3 is 10.8 Å². The molecule has 1 rings (SSSR count). The van der Waals surface area contributed by atoms with Gasteiger partial charge in [-0.2, -0.15) is 0 Å². The summed E-state index contributed by atoms with van der Waals surface area (Å²) < 4.78 is 1.78. The number of rotatable bonds is 2. The molecular formula is C8H10BrIN2O.